The number of hydrogen-bond donors (Lipinski definition) is 0. The van der Waals surface area contributed by atoms with Crippen molar-refractivity contribution in [1.82, 2.24) is 10.0 Å². The zero-order valence-corrected chi connectivity index (χ0v) is 19.0. The summed E-state index contributed by atoms with van der Waals surface area (Å²) in [6.07, 6.45) is 8.16. The Balaban J connectivity index is 1.60. The Morgan fingerprint density at radius 1 is 0.625 bits per heavy atom. The minimum atomic E-state index is 0.117. The highest BCUT2D eigenvalue weighted by atomic mass is 16.1. The van der Waals surface area contributed by atoms with Crippen molar-refractivity contribution in [2.75, 3.05) is 26.2 Å². The molecule has 0 saturated carbocycles. The van der Waals surface area contributed by atoms with Crippen LogP contribution in [0.1, 0.15) is 67.3 Å². The van der Waals surface area contributed by atoms with Crippen molar-refractivity contribution in [3.63, 3.8) is 0 Å². The van der Waals surface area contributed by atoms with Crippen LogP contribution in [0, 0.1) is 0 Å². The number of hydrazone groups is 2. The van der Waals surface area contributed by atoms with E-state index in [1.165, 1.54) is 25.7 Å². The zero-order valence-electron chi connectivity index (χ0n) is 19.0. The van der Waals surface area contributed by atoms with Crippen molar-refractivity contribution in [2.45, 2.75) is 51.4 Å². The fraction of sp³-hybridized carbons (Fsp3) is 0.444. The second kappa shape index (κ2) is 11.6. The number of piperidine rings is 2. The molecule has 4 rings (SSSR count). The molecule has 2 aromatic carbocycles. The maximum Gasteiger partial charge on any atom is 0.168 e. The summed E-state index contributed by atoms with van der Waals surface area (Å²) in [4.78, 5) is 13.1. The molecule has 0 spiro atoms. The van der Waals surface area contributed by atoms with Gasteiger partial charge >= 0.3 is 0 Å². The van der Waals surface area contributed by atoms with Gasteiger partial charge in [0.1, 0.15) is 0 Å². The summed E-state index contributed by atoms with van der Waals surface area (Å²) in [6, 6.07) is 19.9. The fourth-order valence-corrected chi connectivity index (χ4v) is 4.39. The van der Waals surface area contributed by atoms with E-state index in [-0.39, 0.29) is 5.78 Å². The Kier molecular flexibility index (Phi) is 8.07. The van der Waals surface area contributed by atoms with E-state index in [4.69, 9.17) is 10.2 Å². The van der Waals surface area contributed by atoms with Gasteiger partial charge < -0.3 is 0 Å². The first-order valence-electron chi connectivity index (χ1n) is 12.1. The quantitative estimate of drug-likeness (QED) is 0.417. The Morgan fingerprint density at radius 2 is 1.12 bits per heavy atom. The van der Waals surface area contributed by atoms with Gasteiger partial charge in [0.25, 0.3) is 0 Å². The van der Waals surface area contributed by atoms with Crippen molar-refractivity contribution in [1.29, 1.82) is 0 Å². The largest absolute Gasteiger partial charge is 0.297 e. The van der Waals surface area contributed by atoms with Gasteiger partial charge in [-0.2, -0.15) is 10.2 Å². The highest BCUT2D eigenvalue weighted by Crippen LogP contribution is 2.16. The Labute approximate surface area is 191 Å². The third-order valence-corrected chi connectivity index (χ3v) is 6.15. The molecule has 5 heteroatoms. The molecular weight excluding hydrogens is 396 g/mol. The summed E-state index contributed by atoms with van der Waals surface area (Å²) in [6.45, 7) is 3.93. The number of benzene rings is 2. The van der Waals surface area contributed by atoms with Crippen molar-refractivity contribution < 1.29 is 4.79 Å². The maximum atomic E-state index is 13.1. The molecule has 0 aromatic heterocycles. The van der Waals surface area contributed by atoms with Crippen molar-refractivity contribution in [3.8, 4) is 0 Å². The van der Waals surface area contributed by atoms with Crippen LogP contribution in [0.15, 0.2) is 70.9 Å². The monoisotopic (exact) mass is 430 g/mol. The molecule has 32 heavy (non-hydrogen) atoms. The molecule has 168 valence electrons. The van der Waals surface area contributed by atoms with Crippen molar-refractivity contribution >= 4 is 17.2 Å². The zero-order chi connectivity index (χ0) is 22.0. The molecule has 0 aliphatic carbocycles. The first kappa shape index (κ1) is 22.3. The number of nitrogens with zero attached hydrogens (tertiary/aromatic N) is 4. The summed E-state index contributed by atoms with van der Waals surface area (Å²) in [5.41, 5.74) is 3.76. The van der Waals surface area contributed by atoms with E-state index >= 15 is 0 Å². The lowest BCUT2D eigenvalue weighted by molar-refractivity contribution is 0.0999. The van der Waals surface area contributed by atoms with Gasteiger partial charge in [0, 0.05) is 38.2 Å². The SMILES string of the molecule is O=C(C/C(C/C(=N\N1CCCCC1)c1ccccc1)=N/N1CCCCC1)c1ccccc1. The van der Waals surface area contributed by atoms with Gasteiger partial charge in [-0.1, -0.05) is 60.7 Å². The van der Waals surface area contributed by atoms with Crippen LogP contribution in [-0.4, -0.2) is 53.4 Å². The van der Waals surface area contributed by atoms with E-state index in [0.717, 1.165) is 61.6 Å². The molecule has 0 bridgehead atoms. The number of rotatable bonds is 8. The van der Waals surface area contributed by atoms with Crippen LogP contribution >= 0.6 is 0 Å². The van der Waals surface area contributed by atoms with Gasteiger partial charge in [-0.15, -0.1) is 0 Å². The van der Waals surface area contributed by atoms with Gasteiger partial charge in [0.15, 0.2) is 5.78 Å². The summed E-state index contributed by atoms with van der Waals surface area (Å²) < 4.78 is 0. The molecular formula is C27H34N4O. The number of carbonyl (C=O) groups excluding carboxylic acids is 1. The number of ketones is 1. The fourth-order valence-electron chi connectivity index (χ4n) is 4.39. The smallest absolute Gasteiger partial charge is 0.168 e. The number of carbonyl (C=O) groups is 1. The molecule has 2 heterocycles. The van der Waals surface area contributed by atoms with Gasteiger partial charge in [0.05, 0.1) is 17.8 Å². The average Bonchev–Trinajstić information content (AvgIpc) is 2.86. The van der Waals surface area contributed by atoms with Crippen LogP contribution in [-0.2, 0) is 0 Å². The molecule has 0 atom stereocenters. The van der Waals surface area contributed by atoms with E-state index in [9.17, 15) is 4.79 Å². The summed E-state index contributed by atoms with van der Waals surface area (Å²) in [7, 11) is 0. The lowest BCUT2D eigenvalue weighted by atomic mass is 9.99. The number of hydrogen-bond acceptors (Lipinski definition) is 5. The third kappa shape index (κ3) is 6.52. The first-order chi connectivity index (χ1) is 15.8. The van der Waals surface area contributed by atoms with Gasteiger partial charge in [-0.05, 0) is 44.1 Å². The van der Waals surface area contributed by atoms with E-state index in [0.29, 0.717) is 12.8 Å². The van der Waals surface area contributed by atoms with Gasteiger partial charge in [0.2, 0.25) is 0 Å². The molecule has 0 amide bonds. The Morgan fingerprint density at radius 3 is 1.69 bits per heavy atom. The van der Waals surface area contributed by atoms with Crippen LogP contribution in [0.2, 0.25) is 0 Å². The molecule has 2 aliphatic rings. The van der Waals surface area contributed by atoms with Gasteiger partial charge in [-0.25, -0.2) is 0 Å². The van der Waals surface area contributed by atoms with Crippen LogP contribution in [0.25, 0.3) is 0 Å². The first-order valence-corrected chi connectivity index (χ1v) is 12.1. The summed E-state index contributed by atoms with van der Waals surface area (Å²) in [5, 5.41) is 14.4. The van der Waals surface area contributed by atoms with Crippen molar-refractivity contribution in [3.05, 3.63) is 71.8 Å². The molecule has 0 radical (unpaired) electrons. The molecule has 2 saturated heterocycles. The molecule has 5 nitrogen and oxygen atoms in total. The molecule has 2 aromatic rings. The van der Waals surface area contributed by atoms with E-state index in [1.807, 2.05) is 36.4 Å². The normalized spacial score (nSPS) is 18.0. The molecule has 2 aliphatic heterocycles. The predicted octanol–water partition coefficient (Wildman–Crippen LogP) is 5.38. The summed E-state index contributed by atoms with van der Waals surface area (Å²) in [5.74, 6) is 0.117. The molecule has 0 unspecified atom stereocenters. The van der Waals surface area contributed by atoms with Crippen LogP contribution in [0.5, 0.6) is 0 Å². The lowest BCUT2D eigenvalue weighted by Crippen LogP contribution is -2.29. The second-order valence-electron chi connectivity index (χ2n) is 8.75. The Hall–Kier alpha value is -2.95. The topological polar surface area (TPSA) is 48.3 Å². The second-order valence-corrected chi connectivity index (χ2v) is 8.75. The number of Topliss-reactive ketones (excluding diaryl/α,β-unsaturated/α-hetero) is 1. The van der Waals surface area contributed by atoms with E-state index in [1.54, 1.807) is 0 Å². The van der Waals surface area contributed by atoms with E-state index < -0.39 is 0 Å². The van der Waals surface area contributed by atoms with Crippen LogP contribution in [0.4, 0.5) is 0 Å². The average molecular weight is 431 g/mol. The third-order valence-electron chi connectivity index (χ3n) is 6.15. The van der Waals surface area contributed by atoms with Crippen LogP contribution < -0.4 is 0 Å². The van der Waals surface area contributed by atoms with E-state index in [2.05, 4.69) is 34.3 Å². The maximum absolute atomic E-state index is 13.1. The van der Waals surface area contributed by atoms with Crippen molar-refractivity contribution in [2.24, 2.45) is 10.2 Å². The lowest BCUT2D eigenvalue weighted by Gasteiger charge is -2.26. The molecule has 0 N–H and O–H groups in total. The standard InChI is InChI=1S/C27H34N4O/c32-27(24-15-7-2-8-16-24)22-25(28-30-17-9-3-10-18-30)21-26(23-13-5-1-6-14-23)29-31-19-11-4-12-20-31/h1-2,5-8,13-16H,3-4,9-12,17-22H2/b28-25+,29-26+. The van der Waals surface area contributed by atoms with Gasteiger partial charge in [-0.3, -0.25) is 14.8 Å². The Bertz CT molecular complexity index is 911. The van der Waals surface area contributed by atoms with Crippen LogP contribution in [0.3, 0.4) is 0 Å². The highest BCUT2D eigenvalue weighted by molar-refractivity contribution is 6.18. The summed E-state index contributed by atoms with van der Waals surface area (Å²) >= 11 is 0. The highest BCUT2D eigenvalue weighted by Gasteiger charge is 2.18. The molecule has 2 fully saturated rings. The minimum absolute atomic E-state index is 0.117. The predicted molar refractivity (Wildman–Crippen MR) is 131 cm³/mol. The minimum Gasteiger partial charge on any atom is -0.297 e.